The quantitative estimate of drug-likeness (QED) is 0.579. The zero-order valence-corrected chi connectivity index (χ0v) is 9.27. The molecule has 6 nitrogen and oxygen atoms in total. The minimum absolute atomic E-state index is 0.174. The van der Waals surface area contributed by atoms with Crippen LogP contribution in [0.3, 0.4) is 0 Å². The molecule has 0 aliphatic carbocycles. The van der Waals surface area contributed by atoms with E-state index >= 15 is 0 Å². The highest BCUT2D eigenvalue weighted by Gasteiger charge is 2.17. The lowest BCUT2D eigenvalue weighted by molar-refractivity contribution is 0.0234. The van der Waals surface area contributed by atoms with Gasteiger partial charge in [0.15, 0.2) is 0 Å². The van der Waals surface area contributed by atoms with Crippen LogP contribution in [-0.4, -0.2) is 29.3 Å². The monoisotopic (exact) mass is 224 g/mol. The smallest absolute Gasteiger partial charge is 0.221 e. The third-order valence-electron chi connectivity index (χ3n) is 2.62. The Morgan fingerprint density at radius 1 is 1.44 bits per heavy atom. The first-order valence-corrected chi connectivity index (χ1v) is 5.34. The number of nitrogens with two attached hydrogens (primary N) is 1. The zero-order chi connectivity index (χ0) is 11.4. The second-order valence-corrected chi connectivity index (χ2v) is 3.73. The second kappa shape index (κ2) is 5.09. The molecule has 2 rings (SSSR count). The van der Waals surface area contributed by atoms with Crippen LogP contribution < -0.4 is 16.0 Å². The summed E-state index contributed by atoms with van der Waals surface area (Å²) in [5.41, 5.74) is 3.35. The Morgan fingerprint density at radius 2 is 2.19 bits per heavy atom. The van der Waals surface area contributed by atoms with Crippen LogP contribution in [0.2, 0.25) is 0 Å². The van der Waals surface area contributed by atoms with Gasteiger partial charge in [0.05, 0.1) is 18.8 Å². The lowest BCUT2D eigenvalue weighted by atomic mass is 10.1. The van der Waals surface area contributed by atoms with E-state index in [9.17, 15) is 0 Å². The summed E-state index contributed by atoms with van der Waals surface area (Å²) in [6.45, 7) is 3.37. The summed E-state index contributed by atoms with van der Waals surface area (Å²) in [6, 6.07) is 0. The van der Waals surface area contributed by atoms with Gasteiger partial charge >= 0.3 is 0 Å². The molecule has 1 saturated heterocycles. The van der Waals surface area contributed by atoms with Crippen LogP contribution in [0.15, 0.2) is 6.33 Å². The van der Waals surface area contributed by atoms with E-state index in [1.807, 2.05) is 6.92 Å². The number of hydrogen-bond donors (Lipinski definition) is 2. The van der Waals surface area contributed by atoms with E-state index in [0.717, 1.165) is 31.6 Å². The number of rotatable bonds is 3. The molecular formula is C10H16N4O2. The van der Waals surface area contributed by atoms with Crippen molar-refractivity contribution in [1.29, 1.82) is 0 Å². The van der Waals surface area contributed by atoms with Crippen molar-refractivity contribution >= 4 is 5.82 Å². The van der Waals surface area contributed by atoms with Crippen LogP contribution in [0.25, 0.3) is 0 Å². The summed E-state index contributed by atoms with van der Waals surface area (Å²) in [7, 11) is 0. The van der Waals surface area contributed by atoms with Crippen molar-refractivity contribution in [2.45, 2.75) is 25.9 Å². The fraction of sp³-hybridized carbons (Fsp3) is 0.600. The lowest BCUT2D eigenvalue weighted by Gasteiger charge is -2.23. The molecule has 0 saturated carbocycles. The SMILES string of the molecule is Cc1c(NN)ncnc1OC1CCOCC1. The van der Waals surface area contributed by atoms with Crippen LogP contribution in [0, 0.1) is 6.92 Å². The highest BCUT2D eigenvalue weighted by molar-refractivity contribution is 5.46. The topological polar surface area (TPSA) is 82.3 Å². The summed E-state index contributed by atoms with van der Waals surface area (Å²) in [4.78, 5) is 8.11. The van der Waals surface area contributed by atoms with Crippen molar-refractivity contribution in [3.63, 3.8) is 0 Å². The number of hydrazine groups is 1. The van der Waals surface area contributed by atoms with Crippen molar-refractivity contribution in [3.05, 3.63) is 11.9 Å². The second-order valence-electron chi connectivity index (χ2n) is 3.73. The summed E-state index contributed by atoms with van der Waals surface area (Å²) >= 11 is 0. The Morgan fingerprint density at radius 3 is 2.88 bits per heavy atom. The summed E-state index contributed by atoms with van der Waals surface area (Å²) in [6.07, 6.45) is 3.41. The number of hydrogen-bond acceptors (Lipinski definition) is 6. The Kier molecular flexibility index (Phi) is 3.53. The number of ether oxygens (including phenoxy) is 2. The highest BCUT2D eigenvalue weighted by atomic mass is 16.5. The average molecular weight is 224 g/mol. The number of anilines is 1. The maximum atomic E-state index is 5.80. The third-order valence-corrected chi connectivity index (χ3v) is 2.62. The van der Waals surface area contributed by atoms with Crippen molar-refractivity contribution in [1.82, 2.24) is 9.97 Å². The number of nitrogens with zero attached hydrogens (tertiary/aromatic N) is 2. The molecule has 0 unspecified atom stereocenters. The molecule has 0 radical (unpaired) electrons. The Hall–Kier alpha value is -1.40. The van der Waals surface area contributed by atoms with Gasteiger partial charge < -0.3 is 14.9 Å². The predicted octanol–water partition coefficient (Wildman–Crippen LogP) is 0.628. The molecule has 2 heterocycles. The summed E-state index contributed by atoms with van der Waals surface area (Å²) in [5.74, 6) is 6.52. The molecule has 0 spiro atoms. The molecule has 1 aromatic rings. The molecule has 0 bridgehead atoms. The third kappa shape index (κ3) is 2.40. The fourth-order valence-electron chi connectivity index (χ4n) is 1.65. The molecule has 1 fully saturated rings. The number of nitrogen functional groups attached to an aromatic ring is 1. The minimum atomic E-state index is 0.174. The first-order valence-electron chi connectivity index (χ1n) is 5.34. The van der Waals surface area contributed by atoms with Gasteiger partial charge in [-0.1, -0.05) is 0 Å². The maximum absolute atomic E-state index is 5.80. The Balaban J connectivity index is 2.08. The van der Waals surface area contributed by atoms with Crippen LogP contribution in [-0.2, 0) is 4.74 Å². The molecule has 0 amide bonds. The van der Waals surface area contributed by atoms with E-state index in [-0.39, 0.29) is 6.10 Å². The van der Waals surface area contributed by atoms with Gasteiger partial charge in [0.25, 0.3) is 0 Å². The van der Waals surface area contributed by atoms with Crippen molar-refractivity contribution in [3.8, 4) is 5.88 Å². The number of aromatic nitrogens is 2. The molecule has 6 heteroatoms. The molecular weight excluding hydrogens is 208 g/mol. The van der Waals surface area contributed by atoms with E-state index in [0.29, 0.717) is 11.7 Å². The largest absolute Gasteiger partial charge is 0.474 e. The first-order chi connectivity index (χ1) is 7.81. The minimum Gasteiger partial charge on any atom is -0.474 e. The first kappa shape index (κ1) is 11.1. The van der Waals surface area contributed by atoms with E-state index in [4.69, 9.17) is 15.3 Å². The van der Waals surface area contributed by atoms with Crippen LogP contribution >= 0.6 is 0 Å². The summed E-state index contributed by atoms with van der Waals surface area (Å²) < 4.78 is 11.1. The molecule has 0 aromatic carbocycles. The van der Waals surface area contributed by atoms with Crippen molar-refractivity contribution < 1.29 is 9.47 Å². The average Bonchev–Trinajstić information content (AvgIpc) is 2.33. The van der Waals surface area contributed by atoms with Crippen LogP contribution in [0.5, 0.6) is 5.88 Å². The van der Waals surface area contributed by atoms with Gasteiger partial charge in [-0.25, -0.2) is 15.8 Å². The molecule has 1 aliphatic heterocycles. The summed E-state index contributed by atoms with van der Waals surface area (Å²) in [5, 5.41) is 0. The van der Waals surface area contributed by atoms with Gasteiger partial charge in [-0.05, 0) is 6.92 Å². The van der Waals surface area contributed by atoms with Gasteiger partial charge in [0.2, 0.25) is 5.88 Å². The van der Waals surface area contributed by atoms with Gasteiger partial charge in [-0.15, -0.1) is 0 Å². The normalized spacial score (nSPS) is 17.1. The van der Waals surface area contributed by atoms with Gasteiger partial charge in [-0.2, -0.15) is 0 Å². The van der Waals surface area contributed by atoms with E-state index in [2.05, 4.69) is 15.4 Å². The van der Waals surface area contributed by atoms with E-state index < -0.39 is 0 Å². The molecule has 16 heavy (non-hydrogen) atoms. The molecule has 1 aromatic heterocycles. The van der Waals surface area contributed by atoms with E-state index in [1.54, 1.807) is 0 Å². The Bertz CT molecular complexity index is 353. The van der Waals surface area contributed by atoms with Crippen molar-refractivity contribution in [2.24, 2.45) is 5.84 Å². The lowest BCUT2D eigenvalue weighted by Crippen LogP contribution is -2.26. The zero-order valence-electron chi connectivity index (χ0n) is 9.27. The standard InChI is InChI=1S/C10H16N4O2/c1-7-9(14-11)12-6-13-10(7)16-8-2-4-15-5-3-8/h6,8H,2-5,11H2,1H3,(H,12,13,14). The van der Waals surface area contributed by atoms with Gasteiger partial charge in [-0.3, -0.25) is 0 Å². The van der Waals surface area contributed by atoms with Gasteiger partial charge in [0.1, 0.15) is 18.2 Å². The fourth-order valence-corrected chi connectivity index (χ4v) is 1.65. The van der Waals surface area contributed by atoms with E-state index in [1.165, 1.54) is 6.33 Å². The maximum Gasteiger partial charge on any atom is 0.221 e. The molecule has 0 atom stereocenters. The van der Waals surface area contributed by atoms with Crippen molar-refractivity contribution in [2.75, 3.05) is 18.6 Å². The van der Waals surface area contributed by atoms with Gasteiger partial charge in [0, 0.05) is 12.8 Å². The molecule has 88 valence electrons. The predicted molar refractivity (Wildman–Crippen MR) is 59.0 cm³/mol. The Labute approximate surface area is 94.1 Å². The van der Waals surface area contributed by atoms with Crippen LogP contribution in [0.4, 0.5) is 5.82 Å². The highest BCUT2D eigenvalue weighted by Crippen LogP contribution is 2.22. The number of nitrogens with one attached hydrogen (secondary N) is 1. The molecule has 3 N–H and O–H groups in total. The van der Waals surface area contributed by atoms with Crippen LogP contribution in [0.1, 0.15) is 18.4 Å². The molecule has 1 aliphatic rings.